The molecule has 0 aliphatic carbocycles. The Kier molecular flexibility index (Phi) is 2.97. The summed E-state index contributed by atoms with van der Waals surface area (Å²) in [5, 5.41) is 3.23. The third-order valence-corrected chi connectivity index (χ3v) is 1.79. The predicted octanol–water partition coefficient (Wildman–Crippen LogP) is 2.44. The van der Waals surface area contributed by atoms with Crippen LogP contribution in [0.2, 0.25) is 0 Å². The Morgan fingerprint density at radius 3 is 2.75 bits per heavy atom. The second kappa shape index (κ2) is 4.00. The van der Waals surface area contributed by atoms with Crippen molar-refractivity contribution in [2.45, 2.75) is 13.8 Å². The van der Waals surface area contributed by atoms with Gasteiger partial charge in [-0.2, -0.15) is 0 Å². The molecule has 0 saturated carbocycles. The predicted molar refractivity (Wildman–Crippen MR) is 51.9 cm³/mol. The van der Waals surface area contributed by atoms with E-state index < -0.39 is 0 Å². The van der Waals surface area contributed by atoms with Gasteiger partial charge in [0, 0.05) is 18.3 Å². The van der Waals surface area contributed by atoms with Crippen molar-refractivity contribution in [3.63, 3.8) is 0 Å². The lowest BCUT2D eigenvalue weighted by atomic mass is 10.2. The zero-order valence-electron chi connectivity index (χ0n) is 7.85. The molecule has 0 amide bonds. The van der Waals surface area contributed by atoms with Gasteiger partial charge in [0.1, 0.15) is 5.75 Å². The molecule has 0 atom stereocenters. The smallest absolute Gasteiger partial charge is 0.123 e. The van der Waals surface area contributed by atoms with E-state index in [2.05, 4.69) is 24.4 Å². The number of ether oxygens (including phenoxy) is 1. The van der Waals surface area contributed by atoms with Crippen molar-refractivity contribution in [2.24, 2.45) is 0 Å². The maximum Gasteiger partial charge on any atom is 0.123 e. The minimum absolute atomic E-state index is 0.937. The van der Waals surface area contributed by atoms with Crippen LogP contribution in [0.1, 0.15) is 12.5 Å². The number of nitrogens with one attached hydrogen (secondary N) is 1. The van der Waals surface area contributed by atoms with Crippen molar-refractivity contribution in [2.75, 3.05) is 19.0 Å². The molecule has 2 heteroatoms. The van der Waals surface area contributed by atoms with Gasteiger partial charge in [0.05, 0.1) is 7.11 Å². The van der Waals surface area contributed by atoms with Crippen molar-refractivity contribution >= 4 is 5.69 Å². The topological polar surface area (TPSA) is 21.3 Å². The van der Waals surface area contributed by atoms with Gasteiger partial charge < -0.3 is 10.1 Å². The standard InChI is InChI=1S/C10H15NO/c1-4-11-9-6-5-8(2)10(7-9)12-3/h5-7,11H,4H2,1-3H3. The first kappa shape index (κ1) is 8.91. The molecule has 0 heterocycles. The molecule has 0 spiro atoms. The highest BCUT2D eigenvalue weighted by Crippen LogP contribution is 2.21. The molecule has 0 aliphatic rings. The summed E-state index contributed by atoms with van der Waals surface area (Å²) < 4.78 is 5.19. The van der Waals surface area contributed by atoms with Gasteiger partial charge in [-0.05, 0) is 25.5 Å². The molecule has 0 saturated heterocycles. The summed E-state index contributed by atoms with van der Waals surface area (Å²) in [6, 6.07) is 6.12. The number of hydrogen-bond acceptors (Lipinski definition) is 2. The van der Waals surface area contributed by atoms with Gasteiger partial charge in [0.15, 0.2) is 0 Å². The molecule has 1 aromatic carbocycles. The fraction of sp³-hybridized carbons (Fsp3) is 0.400. The van der Waals surface area contributed by atoms with Gasteiger partial charge in [-0.25, -0.2) is 0 Å². The van der Waals surface area contributed by atoms with E-state index in [-0.39, 0.29) is 0 Å². The first-order valence-corrected chi connectivity index (χ1v) is 4.16. The summed E-state index contributed by atoms with van der Waals surface area (Å²) in [5.74, 6) is 0.938. The van der Waals surface area contributed by atoms with Crippen LogP contribution in [-0.2, 0) is 0 Å². The lowest BCUT2D eigenvalue weighted by molar-refractivity contribution is 0.412. The van der Waals surface area contributed by atoms with E-state index in [0.717, 1.165) is 18.0 Å². The van der Waals surface area contributed by atoms with Gasteiger partial charge in [0.2, 0.25) is 0 Å². The second-order valence-electron chi connectivity index (χ2n) is 2.71. The number of benzene rings is 1. The normalized spacial score (nSPS) is 9.58. The van der Waals surface area contributed by atoms with Crippen LogP contribution in [0.25, 0.3) is 0 Å². The highest BCUT2D eigenvalue weighted by molar-refractivity contribution is 5.51. The second-order valence-corrected chi connectivity index (χ2v) is 2.71. The molecule has 12 heavy (non-hydrogen) atoms. The number of methoxy groups -OCH3 is 1. The quantitative estimate of drug-likeness (QED) is 0.742. The molecule has 2 nitrogen and oxygen atoms in total. The Morgan fingerprint density at radius 1 is 1.42 bits per heavy atom. The zero-order valence-corrected chi connectivity index (χ0v) is 7.85. The Hall–Kier alpha value is -1.18. The van der Waals surface area contributed by atoms with E-state index in [0.29, 0.717) is 0 Å². The molecule has 0 aliphatic heterocycles. The molecule has 1 aromatic rings. The Balaban J connectivity index is 2.89. The summed E-state index contributed by atoms with van der Waals surface area (Å²) in [7, 11) is 1.69. The highest BCUT2D eigenvalue weighted by atomic mass is 16.5. The molecule has 1 N–H and O–H groups in total. The lowest BCUT2D eigenvalue weighted by Crippen LogP contribution is -1.97. The number of anilines is 1. The maximum absolute atomic E-state index is 5.19. The van der Waals surface area contributed by atoms with Crippen LogP contribution < -0.4 is 10.1 Å². The molecule has 66 valence electrons. The first-order chi connectivity index (χ1) is 5.77. The van der Waals surface area contributed by atoms with Crippen LogP contribution in [0.5, 0.6) is 5.75 Å². The number of hydrogen-bond donors (Lipinski definition) is 1. The maximum atomic E-state index is 5.19. The van der Waals surface area contributed by atoms with Crippen LogP contribution in [-0.4, -0.2) is 13.7 Å². The van der Waals surface area contributed by atoms with E-state index in [1.807, 2.05) is 13.0 Å². The summed E-state index contributed by atoms with van der Waals surface area (Å²) in [5.41, 5.74) is 2.28. The van der Waals surface area contributed by atoms with Crippen molar-refractivity contribution in [3.8, 4) is 5.75 Å². The molecule has 1 rings (SSSR count). The van der Waals surface area contributed by atoms with Crippen molar-refractivity contribution in [3.05, 3.63) is 23.8 Å². The van der Waals surface area contributed by atoms with Crippen molar-refractivity contribution in [1.82, 2.24) is 0 Å². The molecule has 0 aromatic heterocycles. The van der Waals surface area contributed by atoms with Crippen molar-refractivity contribution < 1.29 is 4.74 Å². The average molecular weight is 165 g/mol. The number of aryl methyl sites for hydroxylation is 1. The van der Waals surface area contributed by atoms with Crippen molar-refractivity contribution in [1.29, 1.82) is 0 Å². The van der Waals surface area contributed by atoms with E-state index in [1.54, 1.807) is 7.11 Å². The molecule has 0 fully saturated rings. The van der Waals surface area contributed by atoms with Gasteiger partial charge in [-0.15, -0.1) is 0 Å². The fourth-order valence-corrected chi connectivity index (χ4v) is 1.13. The van der Waals surface area contributed by atoms with E-state index in [4.69, 9.17) is 4.74 Å². The molecule has 0 unspecified atom stereocenters. The summed E-state index contributed by atoms with van der Waals surface area (Å²) in [6.07, 6.45) is 0. The average Bonchev–Trinajstić information content (AvgIpc) is 2.09. The minimum atomic E-state index is 0.937. The van der Waals surface area contributed by atoms with Gasteiger partial charge in [-0.1, -0.05) is 6.07 Å². The van der Waals surface area contributed by atoms with Crippen LogP contribution in [0, 0.1) is 6.92 Å². The first-order valence-electron chi connectivity index (χ1n) is 4.16. The fourth-order valence-electron chi connectivity index (χ4n) is 1.13. The van der Waals surface area contributed by atoms with E-state index >= 15 is 0 Å². The van der Waals surface area contributed by atoms with Crippen LogP contribution in [0.15, 0.2) is 18.2 Å². The Labute approximate surface area is 73.6 Å². The molecule has 0 bridgehead atoms. The van der Waals surface area contributed by atoms with E-state index in [1.165, 1.54) is 5.56 Å². The van der Waals surface area contributed by atoms with Crippen LogP contribution >= 0.6 is 0 Å². The zero-order chi connectivity index (χ0) is 8.97. The molecular weight excluding hydrogens is 150 g/mol. The Morgan fingerprint density at radius 2 is 2.17 bits per heavy atom. The van der Waals surface area contributed by atoms with Gasteiger partial charge in [-0.3, -0.25) is 0 Å². The van der Waals surface area contributed by atoms with Gasteiger partial charge in [0.25, 0.3) is 0 Å². The minimum Gasteiger partial charge on any atom is -0.496 e. The molecular formula is C10H15NO. The van der Waals surface area contributed by atoms with Gasteiger partial charge >= 0.3 is 0 Å². The lowest BCUT2D eigenvalue weighted by Gasteiger charge is -2.07. The summed E-state index contributed by atoms with van der Waals surface area (Å²) in [6.45, 7) is 5.05. The SMILES string of the molecule is CCNc1ccc(C)c(OC)c1. The van der Waals surface area contributed by atoms with Crippen LogP contribution in [0.4, 0.5) is 5.69 Å². The highest BCUT2D eigenvalue weighted by Gasteiger charge is 1.97. The van der Waals surface area contributed by atoms with Crippen LogP contribution in [0.3, 0.4) is 0 Å². The third-order valence-electron chi connectivity index (χ3n) is 1.79. The largest absolute Gasteiger partial charge is 0.496 e. The monoisotopic (exact) mass is 165 g/mol. The van der Waals surface area contributed by atoms with E-state index in [9.17, 15) is 0 Å². The summed E-state index contributed by atoms with van der Waals surface area (Å²) in [4.78, 5) is 0. The third kappa shape index (κ3) is 1.91. The molecule has 0 radical (unpaired) electrons. The number of rotatable bonds is 3. The Bertz CT molecular complexity index is 258. The summed E-state index contributed by atoms with van der Waals surface area (Å²) >= 11 is 0.